The second-order valence-corrected chi connectivity index (χ2v) is 9.52. The maximum Gasteiger partial charge on any atom is 0.137 e. The lowest BCUT2D eigenvalue weighted by Crippen LogP contribution is -2.13. The smallest absolute Gasteiger partial charge is 0.137 e. The molecule has 0 unspecified atom stereocenters. The van der Waals surface area contributed by atoms with E-state index < -0.39 is 0 Å². The van der Waals surface area contributed by atoms with Crippen LogP contribution in [0.2, 0.25) is 0 Å². The Bertz CT molecular complexity index is 1120. The molecule has 134 valence electrons. The van der Waals surface area contributed by atoms with Crippen LogP contribution in [0.1, 0.15) is 52.8 Å². The summed E-state index contributed by atoms with van der Waals surface area (Å²) in [6, 6.07) is 12.8. The van der Waals surface area contributed by atoms with Crippen LogP contribution in [0.3, 0.4) is 0 Å². The first-order chi connectivity index (χ1) is 12.1. The summed E-state index contributed by atoms with van der Waals surface area (Å²) in [6.45, 7) is 13.5. The molecule has 0 aliphatic heterocycles. The van der Waals surface area contributed by atoms with Gasteiger partial charge in [0.05, 0.1) is 16.7 Å². The van der Waals surface area contributed by atoms with Crippen molar-refractivity contribution in [3.63, 3.8) is 0 Å². The Labute approximate surface area is 155 Å². The van der Waals surface area contributed by atoms with Crippen LogP contribution in [0.4, 0.5) is 0 Å². The molecule has 3 nitrogen and oxygen atoms in total. The van der Waals surface area contributed by atoms with Crippen LogP contribution >= 0.6 is 0 Å². The van der Waals surface area contributed by atoms with Gasteiger partial charge in [-0.05, 0) is 41.0 Å². The summed E-state index contributed by atoms with van der Waals surface area (Å²) in [6.07, 6.45) is 3.01. The minimum absolute atomic E-state index is 0.105. The number of rotatable bonds is 1. The van der Waals surface area contributed by atoms with E-state index in [-0.39, 0.29) is 10.8 Å². The molecular formula is C23H27N3. The maximum atomic E-state index is 5.12. The highest BCUT2D eigenvalue weighted by molar-refractivity contribution is 6.04. The Morgan fingerprint density at radius 1 is 0.923 bits per heavy atom. The van der Waals surface area contributed by atoms with Crippen molar-refractivity contribution >= 4 is 27.6 Å². The maximum absolute atomic E-state index is 5.12. The lowest BCUT2D eigenvalue weighted by Gasteiger charge is -2.21. The van der Waals surface area contributed by atoms with Gasteiger partial charge in [-0.25, -0.2) is 4.98 Å². The summed E-state index contributed by atoms with van der Waals surface area (Å²) in [7, 11) is 0. The third kappa shape index (κ3) is 2.86. The molecular weight excluding hydrogens is 318 g/mol. The first-order valence-electron chi connectivity index (χ1n) is 9.33. The fourth-order valence-electron chi connectivity index (χ4n) is 3.57. The fourth-order valence-corrected chi connectivity index (χ4v) is 3.57. The molecule has 3 aromatic heterocycles. The van der Waals surface area contributed by atoms with Crippen LogP contribution in [0.5, 0.6) is 0 Å². The third-order valence-electron chi connectivity index (χ3n) is 4.88. The van der Waals surface area contributed by atoms with Crippen LogP contribution in [0.15, 0.2) is 42.6 Å². The van der Waals surface area contributed by atoms with Crippen molar-refractivity contribution in [3.8, 4) is 0 Å². The number of pyridine rings is 2. The number of benzene rings is 1. The van der Waals surface area contributed by atoms with Crippen LogP contribution in [0, 0.1) is 5.41 Å². The summed E-state index contributed by atoms with van der Waals surface area (Å²) >= 11 is 0. The number of fused-ring (bicyclic) bond motifs is 5. The van der Waals surface area contributed by atoms with E-state index in [2.05, 4.69) is 82.5 Å². The van der Waals surface area contributed by atoms with E-state index in [1.807, 2.05) is 6.07 Å². The monoisotopic (exact) mass is 345 g/mol. The van der Waals surface area contributed by atoms with E-state index in [1.54, 1.807) is 0 Å². The van der Waals surface area contributed by atoms with Gasteiger partial charge < -0.3 is 0 Å². The van der Waals surface area contributed by atoms with Crippen LogP contribution in [-0.4, -0.2) is 14.4 Å². The minimum atomic E-state index is 0.105. The lowest BCUT2D eigenvalue weighted by molar-refractivity contribution is 0.408. The summed E-state index contributed by atoms with van der Waals surface area (Å²) < 4.78 is 2.18. The predicted molar refractivity (Wildman–Crippen MR) is 110 cm³/mol. The molecule has 1 aromatic carbocycles. The number of imidazole rings is 1. The van der Waals surface area contributed by atoms with Gasteiger partial charge in [0, 0.05) is 11.6 Å². The van der Waals surface area contributed by atoms with E-state index in [1.165, 1.54) is 5.56 Å². The van der Waals surface area contributed by atoms with Crippen molar-refractivity contribution in [2.45, 2.75) is 53.4 Å². The molecule has 3 heterocycles. The Balaban J connectivity index is 2.12. The normalized spacial score (nSPS) is 13.2. The van der Waals surface area contributed by atoms with Crippen LogP contribution in [0.25, 0.3) is 27.6 Å². The standard InChI is InChI=1S/C23H27N3/c1-22(2,3)14-18-21-20(25-19-9-7-8-12-26(19)21)16-11-10-15(23(4,5)6)13-17(16)24-18/h7-13H,14H2,1-6H3. The quantitative estimate of drug-likeness (QED) is 0.428. The van der Waals surface area contributed by atoms with Gasteiger partial charge >= 0.3 is 0 Å². The summed E-state index contributed by atoms with van der Waals surface area (Å²) in [4.78, 5) is 10.1. The van der Waals surface area contributed by atoms with E-state index in [0.29, 0.717) is 0 Å². The number of nitrogens with zero attached hydrogens (tertiary/aromatic N) is 3. The van der Waals surface area contributed by atoms with Gasteiger partial charge in [0.2, 0.25) is 0 Å². The molecule has 0 N–H and O–H groups in total. The Morgan fingerprint density at radius 2 is 1.69 bits per heavy atom. The predicted octanol–water partition coefficient (Wildman–Crippen LogP) is 5.92. The van der Waals surface area contributed by atoms with Gasteiger partial charge in [0.25, 0.3) is 0 Å². The topological polar surface area (TPSA) is 30.2 Å². The summed E-state index contributed by atoms with van der Waals surface area (Å²) in [5.74, 6) is 0. The zero-order valence-electron chi connectivity index (χ0n) is 16.6. The molecule has 0 fully saturated rings. The second kappa shape index (κ2) is 5.54. The number of aromatic nitrogens is 3. The molecule has 0 amide bonds. The average Bonchev–Trinajstić information content (AvgIpc) is 2.92. The Morgan fingerprint density at radius 3 is 2.38 bits per heavy atom. The highest BCUT2D eigenvalue weighted by atomic mass is 15.0. The van der Waals surface area contributed by atoms with E-state index in [9.17, 15) is 0 Å². The molecule has 0 aliphatic carbocycles. The van der Waals surface area contributed by atoms with Crippen molar-refractivity contribution in [2.24, 2.45) is 5.41 Å². The molecule has 0 bridgehead atoms. The second-order valence-electron chi connectivity index (χ2n) is 9.52. The fraction of sp³-hybridized carbons (Fsp3) is 0.391. The molecule has 3 heteroatoms. The molecule has 0 aliphatic rings. The molecule has 0 radical (unpaired) electrons. The first-order valence-corrected chi connectivity index (χ1v) is 9.33. The minimum Gasteiger partial charge on any atom is -0.298 e. The first kappa shape index (κ1) is 17.0. The van der Waals surface area contributed by atoms with Crippen molar-refractivity contribution in [2.75, 3.05) is 0 Å². The average molecular weight is 345 g/mol. The lowest BCUT2D eigenvalue weighted by atomic mass is 9.86. The molecule has 0 saturated heterocycles. The summed E-state index contributed by atoms with van der Waals surface area (Å²) in [5.41, 5.74) is 6.93. The Kier molecular flexibility index (Phi) is 3.62. The van der Waals surface area contributed by atoms with Crippen LogP contribution in [-0.2, 0) is 11.8 Å². The molecule has 26 heavy (non-hydrogen) atoms. The zero-order chi connectivity index (χ0) is 18.7. The molecule has 4 aromatic rings. The van der Waals surface area contributed by atoms with Crippen molar-refractivity contribution < 1.29 is 0 Å². The van der Waals surface area contributed by atoms with Gasteiger partial charge in [-0.3, -0.25) is 9.38 Å². The van der Waals surface area contributed by atoms with Gasteiger partial charge in [0.15, 0.2) is 0 Å². The summed E-state index contributed by atoms with van der Waals surface area (Å²) in [5, 5.41) is 1.13. The molecule has 4 rings (SSSR count). The van der Waals surface area contributed by atoms with Crippen LogP contribution < -0.4 is 0 Å². The highest BCUT2D eigenvalue weighted by Crippen LogP contribution is 2.33. The van der Waals surface area contributed by atoms with Gasteiger partial charge in [0.1, 0.15) is 11.2 Å². The third-order valence-corrected chi connectivity index (χ3v) is 4.88. The van der Waals surface area contributed by atoms with Gasteiger partial charge in [-0.15, -0.1) is 0 Å². The number of hydrogen-bond acceptors (Lipinski definition) is 2. The molecule has 0 atom stereocenters. The van der Waals surface area contributed by atoms with Crippen molar-refractivity contribution in [1.29, 1.82) is 0 Å². The largest absolute Gasteiger partial charge is 0.298 e. The van der Waals surface area contributed by atoms with E-state index >= 15 is 0 Å². The molecule has 0 saturated carbocycles. The number of hydrogen-bond donors (Lipinski definition) is 0. The van der Waals surface area contributed by atoms with Gasteiger partial charge in [-0.2, -0.15) is 0 Å². The van der Waals surface area contributed by atoms with Crippen molar-refractivity contribution in [3.05, 3.63) is 53.9 Å². The Hall–Kier alpha value is -2.42. The highest BCUT2D eigenvalue weighted by Gasteiger charge is 2.21. The van der Waals surface area contributed by atoms with E-state index in [4.69, 9.17) is 9.97 Å². The molecule has 0 spiro atoms. The SMILES string of the molecule is CC(C)(C)Cc1nc2cc(C(C)(C)C)ccc2c2nc3ccccn3c12. The zero-order valence-corrected chi connectivity index (χ0v) is 16.6. The van der Waals surface area contributed by atoms with Gasteiger partial charge in [-0.1, -0.05) is 59.7 Å². The van der Waals surface area contributed by atoms with Crippen molar-refractivity contribution in [1.82, 2.24) is 14.4 Å². The van der Waals surface area contributed by atoms with E-state index in [0.717, 1.165) is 39.7 Å².